The number of nitrogens with two attached hydrogens (primary N) is 1. The van der Waals surface area contributed by atoms with Crippen LogP contribution in [-0.4, -0.2) is 37.6 Å². The van der Waals surface area contributed by atoms with Crippen molar-refractivity contribution in [2.75, 3.05) is 19.0 Å². The van der Waals surface area contributed by atoms with Crippen molar-refractivity contribution in [2.45, 2.75) is 31.4 Å². The summed E-state index contributed by atoms with van der Waals surface area (Å²) < 4.78 is 5.08. The third-order valence-electron chi connectivity index (χ3n) is 3.37. The van der Waals surface area contributed by atoms with Gasteiger partial charge in [-0.15, -0.1) is 0 Å². The fourth-order valence-electron chi connectivity index (χ4n) is 1.95. The fraction of sp³-hybridized carbons (Fsp3) is 0.467. The standard InChI is InChI=1S/C15H21N3O3/c1-21-11(9-16)8-14(19)18-13-5-3-2-4-12(13)15(20)17-10-6-7-10/h2-5,10-11H,6-9,16H2,1H3,(H,17,20)(H,18,19). The van der Waals surface area contributed by atoms with Gasteiger partial charge in [0.15, 0.2) is 0 Å². The van der Waals surface area contributed by atoms with Gasteiger partial charge in [0.05, 0.1) is 23.8 Å². The largest absolute Gasteiger partial charge is 0.380 e. The summed E-state index contributed by atoms with van der Waals surface area (Å²) in [6.07, 6.45) is 1.88. The quantitative estimate of drug-likeness (QED) is 0.695. The van der Waals surface area contributed by atoms with E-state index in [0.29, 0.717) is 11.3 Å². The minimum Gasteiger partial charge on any atom is -0.380 e. The second-order valence-electron chi connectivity index (χ2n) is 5.14. The number of nitrogens with one attached hydrogen (secondary N) is 2. The molecule has 1 aromatic carbocycles. The summed E-state index contributed by atoms with van der Waals surface area (Å²) in [5.41, 5.74) is 6.47. The highest BCUT2D eigenvalue weighted by Crippen LogP contribution is 2.21. The van der Waals surface area contributed by atoms with E-state index >= 15 is 0 Å². The molecule has 0 spiro atoms. The van der Waals surface area contributed by atoms with Gasteiger partial charge >= 0.3 is 0 Å². The lowest BCUT2D eigenvalue weighted by atomic mass is 10.1. The van der Waals surface area contributed by atoms with Crippen LogP contribution in [0.25, 0.3) is 0 Å². The van der Waals surface area contributed by atoms with Crippen molar-refractivity contribution in [1.29, 1.82) is 0 Å². The van der Waals surface area contributed by atoms with Crippen LogP contribution in [-0.2, 0) is 9.53 Å². The van der Waals surface area contributed by atoms with E-state index < -0.39 is 0 Å². The number of ether oxygens (including phenoxy) is 1. The number of carbonyl (C=O) groups is 2. The molecule has 114 valence electrons. The van der Waals surface area contributed by atoms with E-state index in [1.165, 1.54) is 7.11 Å². The number of hydrogen-bond acceptors (Lipinski definition) is 4. The zero-order chi connectivity index (χ0) is 15.2. The van der Waals surface area contributed by atoms with Crippen LogP contribution in [0.3, 0.4) is 0 Å². The first-order valence-electron chi connectivity index (χ1n) is 7.06. The van der Waals surface area contributed by atoms with E-state index in [1.54, 1.807) is 24.3 Å². The van der Waals surface area contributed by atoms with Crippen LogP contribution in [0.4, 0.5) is 5.69 Å². The normalized spacial score (nSPS) is 15.3. The summed E-state index contributed by atoms with van der Waals surface area (Å²) >= 11 is 0. The predicted molar refractivity (Wildman–Crippen MR) is 80.0 cm³/mol. The maximum Gasteiger partial charge on any atom is 0.253 e. The molecule has 1 aliphatic carbocycles. The molecule has 2 amide bonds. The van der Waals surface area contributed by atoms with Gasteiger partial charge in [0.1, 0.15) is 0 Å². The van der Waals surface area contributed by atoms with E-state index in [4.69, 9.17) is 10.5 Å². The highest BCUT2D eigenvalue weighted by atomic mass is 16.5. The molecular formula is C15H21N3O3. The van der Waals surface area contributed by atoms with Gasteiger partial charge in [0.25, 0.3) is 5.91 Å². The lowest BCUT2D eigenvalue weighted by Gasteiger charge is -2.14. The second-order valence-corrected chi connectivity index (χ2v) is 5.14. The predicted octanol–water partition coefficient (Wildman–Crippen LogP) is 0.881. The molecule has 6 nitrogen and oxygen atoms in total. The molecule has 1 aromatic rings. The molecule has 0 bridgehead atoms. The van der Waals surface area contributed by atoms with Gasteiger partial charge in [-0.2, -0.15) is 0 Å². The van der Waals surface area contributed by atoms with Crippen molar-refractivity contribution in [2.24, 2.45) is 5.73 Å². The van der Waals surface area contributed by atoms with Gasteiger partial charge in [-0.25, -0.2) is 0 Å². The average Bonchev–Trinajstić information content (AvgIpc) is 3.29. The summed E-state index contributed by atoms with van der Waals surface area (Å²) in [5, 5.41) is 5.66. The molecule has 1 aliphatic rings. The van der Waals surface area contributed by atoms with Crippen LogP contribution >= 0.6 is 0 Å². The smallest absolute Gasteiger partial charge is 0.253 e. The van der Waals surface area contributed by atoms with Gasteiger partial charge in [-0.3, -0.25) is 9.59 Å². The Kier molecular flexibility index (Phi) is 5.30. The number of rotatable bonds is 7. The minimum absolute atomic E-state index is 0.157. The fourth-order valence-corrected chi connectivity index (χ4v) is 1.95. The van der Waals surface area contributed by atoms with Gasteiger partial charge in [0, 0.05) is 19.7 Å². The van der Waals surface area contributed by atoms with Crippen molar-refractivity contribution < 1.29 is 14.3 Å². The van der Waals surface area contributed by atoms with Crippen LogP contribution in [0, 0.1) is 0 Å². The van der Waals surface area contributed by atoms with Crippen LogP contribution in [0.1, 0.15) is 29.6 Å². The molecule has 1 unspecified atom stereocenters. The van der Waals surface area contributed by atoms with Gasteiger partial charge < -0.3 is 21.1 Å². The lowest BCUT2D eigenvalue weighted by molar-refractivity contribution is -0.118. The van der Waals surface area contributed by atoms with Crippen LogP contribution < -0.4 is 16.4 Å². The van der Waals surface area contributed by atoms with E-state index in [9.17, 15) is 9.59 Å². The minimum atomic E-state index is -0.322. The van der Waals surface area contributed by atoms with Gasteiger partial charge in [0.2, 0.25) is 5.91 Å². The molecule has 21 heavy (non-hydrogen) atoms. The van der Waals surface area contributed by atoms with Crippen molar-refractivity contribution in [3.8, 4) is 0 Å². The highest BCUT2D eigenvalue weighted by Gasteiger charge is 2.25. The number of benzene rings is 1. The molecule has 1 atom stereocenters. The van der Waals surface area contributed by atoms with Gasteiger partial charge in [-0.05, 0) is 25.0 Å². The topological polar surface area (TPSA) is 93.4 Å². The summed E-state index contributed by atoms with van der Waals surface area (Å²) in [4.78, 5) is 24.1. The number of hydrogen-bond donors (Lipinski definition) is 3. The first kappa shape index (κ1) is 15.5. The second kappa shape index (κ2) is 7.19. The number of amides is 2. The molecule has 2 rings (SSSR count). The lowest BCUT2D eigenvalue weighted by Crippen LogP contribution is -2.30. The van der Waals surface area contributed by atoms with E-state index in [-0.39, 0.29) is 36.9 Å². The molecule has 0 saturated heterocycles. The SMILES string of the molecule is COC(CN)CC(=O)Nc1ccccc1C(=O)NC1CC1. The van der Waals surface area contributed by atoms with Crippen LogP contribution in [0.5, 0.6) is 0 Å². The number of para-hydroxylation sites is 1. The summed E-state index contributed by atoms with van der Waals surface area (Å²) in [6.45, 7) is 0.272. The third-order valence-corrected chi connectivity index (χ3v) is 3.37. The number of anilines is 1. The Hall–Kier alpha value is -1.92. The zero-order valence-corrected chi connectivity index (χ0v) is 12.1. The number of methoxy groups -OCH3 is 1. The molecule has 4 N–H and O–H groups in total. The Labute approximate surface area is 124 Å². The zero-order valence-electron chi connectivity index (χ0n) is 12.1. The van der Waals surface area contributed by atoms with E-state index in [0.717, 1.165) is 12.8 Å². The molecule has 0 aromatic heterocycles. The third kappa shape index (κ3) is 4.54. The Morgan fingerprint density at radius 3 is 2.71 bits per heavy atom. The van der Waals surface area contributed by atoms with Crippen molar-refractivity contribution in [3.63, 3.8) is 0 Å². The van der Waals surface area contributed by atoms with Crippen molar-refractivity contribution in [1.82, 2.24) is 5.32 Å². The molecule has 0 aliphatic heterocycles. The molecule has 0 radical (unpaired) electrons. The summed E-state index contributed by atoms with van der Waals surface area (Å²) in [7, 11) is 1.52. The summed E-state index contributed by atoms with van der Waals surface area (Å²) in [5.74, 6) is -0.380. The van der Waals surface area contributed by atoms with Crippen molar-refractivity contribution in [3.05, 3.63) is 29.8 Å². The first-order valence-corrected chi connectivity index (χ1v) is 7.06. The van der Waals surface area contributed by atoms with Gasteiger partial charge in [-0.1, -0.05) is 12.1 Å². The average molecular weight is 291 g/mol. The maximum atomic E-state index is 12.1. The molecule has 6 heteroatoms. The summed E-state index contributed by atoms with van der Waals surface area (Å²) in [6, 6.07) is 7.24. The molecule has 1 fully saturated rings. The Bertz CT molecular complexity index is 511. The molecule has 1 saturated carbocycles. The van der Waals surface area contributed by atoms with E-state index in [2.05, 4.69) is 10.6 Å². The molecular weight excluding hydrogens is 270 g/mol. The Morgan fingerprint density at radius 1 is 1.38 bits per heavy atom. The monoisotopic (exact) mass is 291 g/mol. The van der Waals surface area contributed by atoms with Crippen LogP contribution in [0.2, 0.25) is 0 Å². The number of carbonyl (C=O) groups excluding carboxylic acids is 2. The van der Waals surface area contributed by atoms with Crippen molar-refractivity contribution >= 4 is 17.5 Å². The first-order chi connectivity index (χ1) is 10.1. The van der Waals surface area contributed by atoms with E-state index in [1.807, 2.05) is 0 Å². The Morgan fingerprint density at radius 2 is 2.10 bits per heavy atom. The van der Waals surface area contributed by atoms with Crippen LogP contribution in [0.15, 0.2) is 24.3 Å². The maximum absolute atomic E-state index is 12.1. The Balaban J connectivity index is 2.01. The highest BCUT2D eigenvalue weighted by molar-refractivity contribution is 6.04. The molecule has 0 heterocycles.